The number of phenols is 1. The zero-order valence-electron chi connectivity index (χ0n) is 10.8. The summed E-state index contributed by atoms with van der Waals surface area (Å²) < 4.78 is 0. The first-order chi connectivity index (χ1) is 9.65. The number of H-pyrrole nitrogens is 2. The SMILES string of the molecule is Cc1c2cc[nH]c(=O)c2cc2c1[nH]c1ccc(O)cc12. The summed E-state index contributed by atoms with van der Waals surface area (Å²) in [5.41, 5.74) is 2.90. The van der Waals surface area contributed by atoms with Crippen molar-refractivity contribution in [2.45, 2.75) is 6.92 Å². The summed E-state index contributed by atoms with van der Waals surface area (Å²) in [6, 6.07) is 9.01. The van der Waals surface area contributed by atoms with E-state index in [2.05, 4.69) is 9.97 Å². The Hall–Kier alpha value is -2.75. The highest BCUT2D eigenvalue weighted by molar-refractivity contribution is 6.13. The predicted octanol–water partition coefficient (Wildman–Crippen LogP) is 3.18. The van der Waals surface area contributed by atoms with Gasteiger partial charge < -0.3 is 15.1 Å². The van der Waals surface area contributed by atoms with Gasteiger partial charge in [-0.3, -0.25) is 4.79 Å². The standard InChI is InChI=1S/C16H12N2O2/c1-8-10-4-5-17-16(20)13(10)7-12-11-6-9(19)2-3-14(11)18-15(8)12/h2-7,18-19H,1H3,(H,17,20). The molecule has 0 bridgehead atoms. The van der Waals surface area contributed by atoms with E-state index in [0.29, 0.717) is 5.39 Å². The average Bonchev–Trinajstić information content (AvgIpc) is 2.79. The van der Waals surface area contributed by atoms with E-state index < -0.39 is 0 Å². The molecule has 3 N–H and O–H groups in total. The number of nitrogens with one attached hydrogen (secondary N) is 2. The molecular formula is C16H12N2O2. The Labute approximate surface area is 113 Å². The second-order valence-electron chi connectivity index (χ2n) is 5.05. The number of aromatic hydroxyl groups is 1. The molecule has 2 heterocycles. The minimum Gasteiger partial charge on any atom is -0.508 e. The van der Waals surface area contributed by atoms with Crippen LogP contribution in [0.4, 0.5) is 0 Å². The van der Waals surface area contributed by atoms with E-state index in [0.717, 1.165) is 32.8 Å². The quantitative estimate of drug-likeness (QED) is 0.456. The van der Waals surface area contributed by atoms with Crippen LogP contribution in [0.5, 0.6) is 5.75 Å². The first kappa shape index (κ1) is 11.1. The zero-order valence-corrected chi connectivity index (χ0v) is 10.8. The lowest BCUT2D eigenvalue weighted by atomic mass is 10.0. The summed E-state index contributed by atoms with van der Waals surface area (Å²) in [6.45, 7) is 2.00. The molecule has 2 aromatic heterocycles. The molecule has 0 fully saturated rings. The van der Waals surface area contributed by atoms with E-state index in [9.17, 15) is 9.90 Å². The number of aromatic amines is 2. The molecule has 98 valence electrons. The number of hydrogen-bond acceptors (Lipinski definition) is 2. The smallest absolute Gasteiger partial charge is 0.255 e. The Morgan fingerprint density at radius 2 is 1.85 bits per heavy atom. The van der Waals surface area contributed by atoms with Crippen LogP contribution in [0.2, 0.25) is 0 Å². The van der Waals surface area contributed by atoms with E-state index in [1.807, 2.05) is 25.1 Å². The number of aromatic nitrogens is 2. The minimum absolute atomic E-state index is 0.0954. The van der Waals surface area contributed by atoms with Gasteiger partial charge in [0, 0.05) is 27.9 Å². The fraction of sp³-hybridized carbons (Fsp3) is 0.0625. The van der Waals surface area contributed by atoms with Crippen molar-refractivity contribution in [1.82, 2.24) is 9.97 Å². The fourth-order valence-corrected chi connectivity index (χ4v) is 2.89. The molecule has 0 saturated carbocycles. The lowest BCUT2D eigenvalue weighted by Crippen LogP contribution is -2.04. The number of phenolic OH excluding ortho intramolecular Hbond substituents is 1. The number of benzene rings is 2. The van der Waals surface area contributed by atoms with Crippen LogP contribution in [0, 0.1) is 6.92 Å². The van der Waals surface area contributed by atoms with Gasteiger partial charge in [-0.05, 0) is 48.2 Å². The molecule has 0 radical (unpaired) electrons. The number of hydrogen-bond donors (Lipinski definition) is 3. The second-order valence-corrected chi connectivity index (χ2v) is 5.05. The lowest BCUT2D eigenvalue weighted by Gasteiger charge is -2.03. The Morgan fingerprint density at radius 1 is 1.00 bits per heavy atom. The molecule has 4 aromatic rings. The third-order valence-electron chi connectivity index (χ3n) is 3.89. The van der Waals surface area contributed by atoms with E-state index in [1.54, 1.807) is 18.3 Å². The number of aryl methyl sites for hydroxylation is 1. The van der Waals surface area contributed by atoms with Crippen LogP contribution in [-0.4, -0.2) is 15.1 Å². The molecule has 20 heavy (non-hydrogen) atoms. The summed E-state index contributed by atoms with van der Waals surface area (Å²) in [6.07, 6.45) is 1.66. The summed E-state index contributed by atoms with van der Waals surface area (Å²) in [5.74, 6) is 0.220. The van der Waals surface area contributed by atoms with Crippen molar-refractivity contribution in [3.05, 3.63) is 52.4 Å². The highest BCUT2D eigenvalue weighted by atomic mass is 16.3. The van der Waals surface area contributed by atoms with Crippen LogP contribution in [0.15, 0.2) is 41.3 Å². The maximum absolute atomic E-state index is 12.0. The van der Waals surface area contributed by atoms with Gasteiger partial charge in [-0.15, -0.1) is 0 Å². The average molecular weight is 264 g/mol. The molecule has 0 atom stereocenters. The number of pyridine rings is 1. The van der Waals surface area contributed by atoms with Gasteiger partial charge in [0.25, 0.3) is 5.56 Å². The highest BCUT2D eigenvalue weighted by Gasteiger charge is 2.11. The lowest BCUT2D eigenvalue weighted by molar-refractivity contribution is 0.476. The van der Waals surface area contributed by atoms with Gasteiger partial charge in [0.2, 0.25) is 0 Å². The summed E-state index contributed by atoms with van der Waals surface area (Å²) in [4.78, 5) is 18.0. The predicted molar refractivity (Wildman–Crippen MR) is 80.3 cm³/mol. The molecule has 0 saturated heterocycles. The van der Waals surface area contributed by atoms with E-state index in [-0.39, 0.29) is 11.3 Å². The molecule has 0 amide bonds. The van der Waals surface area contributed by atoms with E-state index in [1.165, 1.54) is 0 Å². The summed E-state index contributed by atoms with van der Waals surface area (Å²) in [5, 5.41) is 13.2. The van der Waals surface area contributed by atoms with Crippen molar-refractivity contribution in [3.8, 4) is 5.75 Å². The maximum Gasteiger partial charge on any atom is 0.255 e. The van der Waals surface area contributed by atoms with Gasteiger partial charge in [-0.2, -0.15) is 0 Å². The van der Waals surface area contributed by atoms with Gasteiger partial charge in [0.05, 0.1) is 5.52 Å². The largest absolute Gasteiger partial charge is 0.508 e. The Bertz CT molecular complexity index is 1040. The Balaban J connectivity index is 2.34. The van der Waals surface area contributed by atoms with E-state index >= 15 is 0 Å². The fourth-order valence-electron chi connectivity index (χ4n) is 2.89. The third kappa shape index (κ3) is 1.33. The molecule has 2 aromatic carbocycles. The van der Waals surface area contributed by atoms with Crippen molar-refractivity contribution in [1.29, 1.82) is 0 Å². The van der Waals surface area contributed by atoms with Crippen molar-refractivity contribution in [2.75, 3.05) is 0 Å². The number of rotatable bonds is 0. The van der Waals surface area contributed by atoms with Crippen molar-refractivity contribution >= 4 is 32.6 Å². The highest BCUT2D eigenvalue weighted by Crippen LogP contribution is 2.33. The molecule has 0 spiro atoms. The van der Waals surface area contributed by atoms with Crippen LogP contribution in [-0.2, 0) is 0 Å². The van der Waals surface area contributed by atoms with Gasteiger partial charge in [-0.1, -0.05) is 0 Å². The van der Waals surface area contributed by atoms with Crippen LogP contribution < -0.4 is 5.56 Å². The van der Waals surface area contributed by atoms with Crippen molar-refractivity contribution in [3.63, 3.8) is 0 Å². The maximum atomic E-state index is 12.0. The molecule has 4 rings (SSSR count). The molecule has 4 heteroatoms. The number of fused-ring (bicyclic) bond motifs is 4. The summed E-state index contributed by atoms with van der Waals surface area (Å²) in [7, 11) is 0. The van der Waals surface area contributed by atoms with Crippen molar-refractivity contribution < 1.29 is 5.11 Å². The van der Waals surface area contributed by atoms with Gasteiger partial charge in [0.1, 0.15) is 5.75 Å². The first-order valence-corrected chi connectivity index (χ1v) is 6.40. The van der Waals surface area contributed by atoms with Crippen molar-refractivity contribution in [2.24, 2.45) is 0 Å². The topological polar surface area (TPSA) is 68.9 Å². The van der Waals surface area contributed by atoms with Gasteiger partial charge in [-0.25, -0.2) is 0 Å². The monoisotopic (exact) mass is 264 g/mol. The minimum atomic E-state index is -0.0954. The van der Waals surface area contributed by atoms with Crippen LogP contribution in [0.1, 0.15) is 5.56 Å². The molecule has 0 aliphatic heterocycles. The molecule has 0 aliphatic rings. The molecule has 0 unspecified atom stereocenters. The first-order valence-electron chi connectivity index (χ1n) is 6.40. The van der Waals surface area contributed by atoms with E-state index in [4.69, 9.17) is 0 Å². The Kier molecular flexibility index (Phi) is 2.02. The normalized spacial score (nSPS) is 11.7. The van der Waals surface area contributed by atoms with Gasteiger partial charge in [0.15, 0.2) is 0 Å². The van der Waals surface area contributed by atoms with Crippen LogP contribution in [0.3, 0.4) is 0 Å². The summed E-state index contributed by atoms with van der Waals surface area (Å²) >= 11 is 0. The van der Waals surface area contributed by atoms with Crippen LogP contribution >= 0.6 is 0 Å². The molecular weight excluding hydrogens is 252 g/mol. The third-order valence-corrected chi connectivity index (χ3v) is 3.89. The van der Waals surface area contributed by atoms with Crippen LogP contribution in [0.25, 0.3) is 32.6 Å². The Morgan fingerprint density at radius 3 is 2.70 bits per heavy atom. The van der Waals surface area contributed by atoms with Gasteiger partial charge >= 0.3 is 0 Å². The zero-order chi connectivity index (χ0) is 13.9. The molecule has 0 aliphatic carbocycles. The second kappa shape index (κ2) is 3.63. The molecule has 4 nitrogen and oxygen atoms in total.